The minimum atomic E-state index is -0.254. The zero-order valence-electron chi connectivity index (χ0n) is 11.5. The van der Waals surface area contributed by atoms with Gasteiger partial charge in [-0.3, -0.25) is 4.79 Å². The van der Waals surface area contributed by atoms with Crippen LogP contribution in [0.15, 0.2) is 48.5 Å². The maximum atomic E-state index is 12.9. The maximum absolute atomic E-state index is 12.9. The molecule has 0 fully saturated rings. The molecule has 0 heterocycles. The zero-order chi connectivity index (χ0) is 14.5. The van der Waals surface area contributed by atoms with E-state index in [1.54, 1.807) is 12.1 Å². The van der Waals surface area contributed by atoms with Gasteiger partial charge in [-0.1, -0.05) is 12.1 Å². The molecule has 0 saturated carbocycles. The molecular weight excluding hydrogens is 255 g/mol. The SMILES string of the molecule is CC(=O)Nc1cccc(C(C)Nc2ccc(F)cc2)c1. The van der Waals surface area contributed by atoms with Crippen molar-refractivity contribution >= 4 is 17.3 Å². The number of carbonyl (C=O) groups is 1. The number of rotatable bonds is 4. The lowest BCUT2D eigenvalue weighted by atomic mass is 10.1. The average Bonchev–Trinajstić information content (AvgIpc) is 2.41. The van der Waals surface area contributed by atoms with Crippen LogP contribution in [0.4, 0.5) is 15.8 Å². The average molecular weight is 272 g/mol. The van der Waals surface area contributed by atoms with Gasteiger partial charge in [0, 0.05) is 24.3 Å². The Morgan fingerprint density at radius 3 is 2.45 bits per heavy atom. The standard InChI is InChI=1S/C16H17FN2O/c1-11(18-15-8-6-14(17)7-9-15)13-4-3-5-16(10-13)19-12(2)20/h3-11,18H,1-2H3,(H,19,20). The molecule has 2 N–H and O–H groups in total. The summed E-state index contributed by atoms with van der Waals surface area (Å²) in [5, 5.41) is 6.04. The Bertz CT molecular complexity index is 596. The van der Waals surface area contributed by atoms with Crippen LogP contribution in [0, 0.1) is 5.82 Å². The van der Waals surface area contributed by atoms with E-state index in [-0.39, 0.29) is 17.8 Å². The minimum Gasteiger partial charge on any atom is -0.379 e. The third kappa shape index (κ3) is 3.82. The van der Waals surface area contributed by atoms with E-state index in [0.29, 0.717) is 0 Å². The molecule has 0 aromatic heterocycles. The third-order valence-corrected chi connectivity index (χ3v) is 2.93. The number of benzene rings is 2. The highest BCUT2D eigenvalue weighted by Crippen LogP contribution is 2.22. The summed E-state index contributed by atoms with van der Waals surface area (Å²) >= 11 is 0. The van der Waals surface area contributed by atoms with Gasteiger partial charge in [0.1, 0.15) is 5.82 Å². The van der Waals surface area contributed by atoms with Crippen molar-refractivity contribution in [2.75, 3.05) is 10.6 Å². The first-order chi connectivity index (χ1) is 9.54. The molecule has 1 atom stereocenters. The number of hydrogen-bond acceptors (Lipinski definition) is 2. The van der Waals surface area contributed by atoms with Crippen molar-refractivity contribution in [2.24, 2.45) is 0 Å². The molecule has 1 amide bonds. The van der Waals surface area contributed by atoms with Gasteiger partial charge < -0.3 is 10.6 Å². The van der Waals surface area contributed by atoms with Gasteiger partial charge in [-0.25, -0.2) is 4.39 Å². The Morgan fingerprint density at radius 1 is 1.10 bits per heavy atom. The largest absolute Gasteiger partial charge is 0.379 e. The molecule has 20 heavy (non-hydrogen) atoms. The Kier molecular flexibility index (Phi) is 4.35. The van der Waals surface area contributed by atoms with Crippen molar-refractivity contribution in [1.29, 1.82) is 0 Å². The van der Waals surface area contributed by atoms with E-state index in [4.69, 9.17) is 0 Å². The summed E-state index contributed by atoms with van der Waals surface area (Å²) in [6.07, 6.45) is 0. The predicted molar refractivity (Wildman–Crippen MR) is 79.2 cm³/mol. The van der Waals surface area contributed by atoms with Crippen LogP contribution in [0.1, 0.15) is 25.5 Å². The number of halogens is 1. The Balaban J connectivity index is 2.10. The molecule has 4 heteroatoms. The maximum Gasteiger partial charge on any atom is 0.221 e. The van der Waals surface area contributed by atoms with Crippen molar-refractivity contribution < 1.29 is 9.18 Å². The number of hydrogen-bond donors (Lipinski definition) is 2. The normalized spacial score (nSPS) is 11.8. The van der Waals surface area contributed by atoms with Crippen molar-refractivity contribution in [3.8, 4) is 0 Å². The van der Waals surface area contributed by atoms with Gasteiger partial charge in [0.25, 0.3) is 0 Å². The lowest BCUT2D eigenvalue weighted by Crippen LogP contribution is -2.09. The Hall–Kier alpha value is -2.36. The van der Waals surface area contributed by atoms with Gasteiger partial charge in [0.15, 0.2) is 0 Å². The summed E-state index contributed by atoms with van der Waals surface area (Å²) in [6.45, 7) is 3.49. The van der Waals surface area contributed by atoms with Crippen LogP contribution in [-0.2, 0) is 4.79 Å². The van der Waals surface area contributed by atoms with E-state index in [0.717, 1.165) is 16.9 Å². The summed E-state index contributed by atoms with van der Waals surface area (Å²) < 4.78 is 12.9. The van der Waals surface area contributed by atoms with E-state index >= 15 is 0 Å². The zero-order valence-corrected chi connectivity index (χ0v) is 11.5. The summed E-state index contributed by atoms with van der Waals surface area (Å²) in [5.41, 5.74) is 2.66. The second kappa shape index (κ2) is 6.19. The smallest absolute Gasteiger partial charge is 0.221 e. The van der Waals surface area contributed by atoms with Crippen LogP contribution in [0.3, 0.4) is 0 Å². The molecule has 0 saturated heterocycles. The van der Waals surface area contributed by atoms with E-state index in [1.807, 2.05) is 31.2 Å². The quantitative estimate of drug-likeness (QED) is 0.884. The number of nitrogens with one attached hydrogen (secondary N) is 2. The molecule has 0 aliphatic heterocycles. The molecule has 2 aromatic carbocycles. The van der Waals surface area contributed by atoms with Crippen LogP contribution in [0.2, 0.25) is 0 Å². The molecule has 3 nitrogen and oxygen atoms in total. The molecule has 0 aliphatic rings. The Morgan fingerprint density at radius 2 is 1.80 bits per heavy atom. The van der Waals surface area contributed by atoms with Gasteiger partial charge in [0.05, 0.1) is 0 Å². The van der Waals surface area contributed by atoms with Crippen LogP contribution in [0.25, 0.3) is 0 Å². The van der Waals surface area contributed by atoms with Crippen molar-refractivity contribution in [3.63, 3.8) is 0 Å². The topological polar surface area (TPSA) is 41.1 Å². The first kappa shape index (κ1) is 14.1. The lowest BCUT2D eigenvalue weighted by Gasteiger charge is -2.16. The summed E-state index contributed by atoms with van der Waals surface area (Å²) in [7, 11) is 0. The Labute approximate surface area is 117 Å². The molecule has 1 unspecified atom stereocenters. The summed E-state index contributed by atoms with van der Waals surface area (Å²) in [6, 6.07) is 13.9. The first-order valence-electron chi connectivity index (χ1n) is 6.44. The van der Waals surface area contributed by atoms with Gasteiger partial charge in [-0.05, 0) is 48.9 Å². The summed E-state index contributed by atoms with van der Waals surface area (Å²) in [5.74, 6) is -0.350. The van der Waals surface area contributed by atoms with E-state index in [2.05, 4.69) is 10.6 Å². The van der Waals surface area contributed by atoms with Gasteiger partial charge >= 0.3 is 0 Å². The monoisotopic (exact) mass is 272 g/mol. The summed E-state index contributed by atoms with van der Waals surface area (Å²) in [4.78, 5) is 11.1. The molecule has 2 rings (SSSR count). The fourth-order valence-corrected chi connectivity index (χ4v) is 1.97. The second-order valence-electron chi connectivity index (χ2n) is 4.68. The molecule has 0 aliphatic carbocycles. The molecule has 0 spiro atoms. The number of amides is 1. The molecule has 104 valence electrons. The first-order valence-corrected chi connectivity index (χ1v) is 6.44. The van der Waals surface area contributed by atoms with Crippen molar-refractivity contribution in [1.82, 2.24) is 0 Å². The van der Waals surface area contributed by atoms with E-state index < -0.39 is 0 Å². The van der Waals surface area contributed by atoms with Crippen molar-refractivity contribution in [3.05, 3.63) is 59.9 Å². The van der Waals surface area contributed by atoms with Crippen LogP contribution in [-0.4, -0.2) is 5.91 Å². The lowest BCUT2D eigenvalue weighted by molar-refractivity contribution is -0.114. The number of anilines is 2. The van der Waals surface area contributed by atoms with E-state index in [1.165, 1.54) is 19.1 Å². The fraction of sp³-hybridized carbons (Fsp3) is 0.188. The molecule has 2 aromatic rings. The molecule has 0 radical (unpaired) electrons. The van der Waals surface area contributed by atoms with Crippen LogP contribution >= 0.6 is 0 Å². The highest BCUT2D eigenvalue weighted by molar-refractivity contribution is 5.88. The second-order valence-corrected chi connectivity index (χ2v) is 4.68. The fourth-order valence-electron chi connectivity index (χ4n) is 1.97. The van der Waals surface area contributed by atoms with E-state index in [9.17, 15) is 9.18 Å². The van der Waals surface area contributed by atoms with Gasteiger partial charge in [-0.15, -0.1) is 0 Å². The predicted octanol–water partition coefficient (Wildman–Crippen LogP) is 3.96. The molecule has 0 bridgehead atoms. The van der Waals surface area contributed by atoms with Crippen LogP contribution < -0.4 is 10.6 Å². The van der Waals surface area contributed by atoms with Crippen molar-refractivity contribution in [2.45, 2.75) is 19.9 Å². The third-order valence-electron chi connectivity index (χ3n) is 2.93. The highest BCUT2D eigenvalue weighted by Gasteiger charge is 2.06. The van der Waals surface area contributed by atoms with Gasteiger partial charge in [-0.2, -0.15) is 0 Å². The minimum absolute atomic E-state index is 0.0502. The van der Waals surface area contributed by atoms with Gasteiger partial charge in [0.2, 0.25) is 5.91 Å². The highest BCUT2D eigenvalue weighted by atomic mass is 19.1. The molecular formula is C16H17FN2O. The van der Waals surface area contributed by atoms with Crippen LogP contribution in [0.5, 0.6) is 0 Å². The number of carbonyl (C=O) groups excluding carboxylic acids is 1.